The third-order valence-corrected chi connectivity index (χ3v) is 3.12. The maximum absolute atomic E-state index is 10.9. The molecule has 1 atom stereocenters. The van der Waals surface area contributed by atoms with Crippen LogP contribution < -0.4 is 5.32 Å². The highest BCUT2D eigenvalue weighted by Crippen LogP contribution is 2.34. The van der Waals surface area contributed by atoms with Crippen molar-refractivity contribution in [2.75, 3.05) is 11.9 Å². The van der Waals surface area contributed by atoms with Crippen LogP contribution in [0.1, 0.15) is 13.3 Å². The van der Waals surface area contributed by atoms with Gasteiger partial charge < -0.3 is 10.4 Å². The highest BCUT2D eigenvalue weighted by atomic mass is 35.5. The van der Waals surface area contributed by atoms with Crippen molar-refractivity contribution in [3.05, 3.63) is 32.3 Å². The SMILES string of the molecule is CC(CNc1cc(Cl)c(Cl)cc1[N+](=O)[O-])CC(=O)O. The van der Waals surface area contributed by atoms with E-state index in [1.165, 1.54) is 6.07 Å². The van der Waals surface area contributed by atoms with Gasteiger partial charge in [-0.05, 0) is 12.0 Å². The molecule has 0 bridgehead atoms. The summed E-state index contributed by atoms with van der Waals surface area (Å²) in [5, 5.41) is 22.6. The summed E-state index contributed by atoms with van der Waals surface area (Å²) in [5.41, 5.74) is 0.0218. The molecule has 0 saturated carbocycles. The molecule has 0 saturated heterocycles. The number of nitro benzene ring substituents is 1. The number of benzene rings is 1. The van der Waals surface area contributed by atoms with Crippen molar-refractivity contribution in [3.8, 4) is 0 Å². The average molecular weight is 307 g/mol. The van der Waals surface area contributed by atoms with Gasteiger partial charge >= 0.3 is 5.97 Å². The van der Waals surface area contributed by atoms with Gasteiger partial charge in [0.15, 0.2) is 0 Å². The van der Waals surface area contributed by atoms with Crippen molar-refractivity contribution >= 4 is 40.5 Å². The van der Waals surface area contributed by atoms with E-state index in [4.69, 9.17) is 28.3 Å². The van der Waals surface area contributed by atoms with E-state index in [9.17, 15) is 14.9 Å². The van der Waals surface area contributed by atoms with Crippen molar-refractivity contribution < 1.29 is 14.8 Å². The molecular formula is C11H12Cl2N2O4. The van der Waals surface area contributed by atoms with Gasteiger partial charge in [0.2, 0.25) is 0 Å². The summed E-state index contributed by atoms with van der Waals surface area (Å²) in [7, 11) is 0. The smallest absolute Gasteiger partial charge is 0.303 e. The lowest BCUT2D eigenvalue weighted by Gasteiger charge is -2.12. The van der Waals surface area contributed by atoms with Crippen LogP contribution in [0.5, 0.6) is 0 Å². The third-order valence-electron chi connectivity index (χ3n) is 2.40. The third kappa shape index (κ3) is 4.57. The Hall–Kier alpha value is -1.53. The summed E-state index contributed by atoms with van der Waals surface area (Å²) in [6.45, 7) is 2.01. The minimum absolute atomic E-state index is 0.0257. The Kier molecular flexibility index (Phi) is 5.38. The number of anilines is 1. The summed E-state index contributed by atoms with van der Waals surface area (Å²) >= 11 is 11.5. The van der Waals surface area contributed by atoms with Crippen molar-refractivity contribution in [3.63, 3.8) is 0 Å². The topological polar surface area (TPSA) is 92.5 Å². The zero-order valence-corrected chi connectivity index (χ0v) is 11.5. The molecule has 0 radical (unpaired) electrons. The van der Waals surface area contributed by atoms with Crippen LogP contribution in [0, 0.1) is 16.0 Å². The summed E-state index contributed by atoms with van der Waals surface area (Å²) in [4.78, 5) is 20.8. The Labute approximate surface area is 119 Å². The summed E-state index contributed by atoms with van der Waals surface area (Å²) in [5.74, 6) is -1.09. The first kappa shape index (κ1) is 15.5. The molecule has 0 amide bonds. The van der Waals surface area contributed by atoms with E-state index < -0.39 is 10.9 Å². The van der Waals surface area contributed by atoms with Gasteiger partial charge in [-0.15, -0.1) is 0 Å². The lowest BCUT2D eigenvalue weighted by molar-refractivity contribution is -0.383. The molecule has 8 heteroatoms. The number of nitrogens with zero attached hydrogens (tertiary/aromatic N) is 1. The standard InChI is InChI=1S/C11H12Cl2N2O4/c1-6(2-11(16)17)5-14-9-3-7(12)8(13)4-10(9)15(18)19/h3-4,6,14H,2,5H2,1H3,(H,16,17). The maximum Gasteiger partial charge on any atom is 0.303 e. The first-order valence-corrected chi connectivity index (χ1v) is 6.16. The molecule has 1 unspecified atom stereocenters. The number of nitrogens with one attached hydrogen (secondary N) is 1. The molecule has 0 spiro atoms. The van der Waals surface area contributed by atoms with Crippen LogP contribution in [0.25, 0.3) is 0 Å². The molecule has 104 valence electrons. The summed E-state index contributed by atoms with van der Waals surface area (Å²) in [6, 6.07) is 2.52. The fourth-order valence-electron chi connectivity index (χ4n) is 1.48. The normalized spacial score (nSPS) is 11.9. The zero-order chi connectivity index (χ0) is 14.6. The average Bonchev–Trinajstić information content (AvgIpc) is 2.29. The molecule has 0 aliphatic heterocycles. The number of aliphatic carboxylic acids is 1. The lowest BCUT2D eigenvalue weighted by Crippen LogP contribution is -2.15. The molecule has 0 aromatic heterocycles. The number of halogens is 2. The molecule has 0 aliphatic rings. The van der Waals surface area contributed by atoms with Gasteiger partial charge in [-0.3, -0.25) is 14.9 Å². The molecule has 1 aromatic rings. The second kappa shape index (κ2) is 6.58. The van der Waals surface area contributed by atoms with Gasteiger partial charge in [0.25, 0.3) is 5.69 Å². The highest BCUT2D eigenvalue weighted by molar-refractivity contribution is 6.42. The van der Waals surface area contributed by atoms with Gasteiger partial charge in [-0.1, -0.05) is 30.1 Å². The number of hydrogen-bond acceptors (Lipinski definition) is 4. The van der Waals surface area contributed by atoms with E-state index in [-0.39, 0.29) is 40.3 Å². The molecule has 2 N–H and O–H groups in total. The van der Waals surface area contributed by atoms with Crippen molar-refractivity contribution in [1.82, 2.24) is 0 Å². The van der Waals surface area contributed by atoms with E-state index in [1.807, 2.05) is 0 Å². The van der Waals surface area contributed by atoms with Crippen LogP contribution in [0.2, 0.25) is 10.0 Å². The summed E-state index contributed by atoms with van der Waals surface area (Å²) < 4.78 is 0. The molecule has 0 aliphatic carbocycles. The van der Waals surface area contributed by atoms with Crippen LogP contribution in [-0.2, 0) is 4.79 Å². The van der Waals surface area contributed by atoms with E-state index in [0.29, 0.717) is 0 Å². The molecule has 19 heavy (non-hydrogen) atoms. The van der Waals surface area contributed by atoms with Gasteiger partial charge in [0, 0.05) is 19.0 Å². The largest absolute Gasteiger partial charge is 0.481 e. The quantitative estimate of drug-likeness (QED) is 0.620. The Bertz CT molecular complexity index is 508. The Balaban J connectivity index is 2.85. The number of carbonyl (C=O) groups is 1. The van der Waals surface area contributed by atoms with Crippen molar-refractivity contribution in [1.29, 1.82) is 0 Å². The molecular weight excluding hydrogens is 295 g/mol. The minimum atomic E-state index is -0.919. The van der Waals surface area contributed by atoms with E-state index in [2.05, 4.69) is 5.32 Å². The maximum atomic E-state index is 10.9. The number of hydrogen-bond donors (Lipinski definition) is 2. The number of carboxylic acids is 1. The summed E-state index contributed by atoms with van der Waals surface area (Å²) in [6.07, 6.45) is -0.0257. The van der Waals surface area contributed by atoms with Gasteiger partial charge in [-0.2, -0.15) is 0 Å². The van der Waals surface area contributed by atoms with Gasteiger partial charge in [0.1, 0.15) is 5.69 Å². The number of rotatable bonds is 6. The number of nitro groups is 1. The van der Waals surface area contributed by atoms with E-state index in [0.717, 1.165) is 6.07 Å². The zero-order valence-electron chi connectivity index (χ0n) is 10.0. The highest BCUT2D eigenvalue weighted by Gasteiger charge is 2.17. The van der Waals surface area contributed by atoms with Gasteiger partial charge in [0.05, 0.1) is 15.0 Å². The first-order chi connectivity index (χ1) is 8.81. The van der Waals surface area contributed by atoms with Crippen molar-refractivity contribution in [2.24, 2.45) is 5.92 Å². The second-order valence-electron chi connectivity index (χ2n) is 4.12. The minimum Gasteiger partial charge on any atom is -0.481 e. The van der Waals surface area contributed by atoms with Crippen LogP contribution in [0.3, 0.4) is 0 Å². The lowest BCUT2D eigenvalue weighted by atomic mass is 10.1. The molecule has 1 rings (SSSR count). The van der Waals surface area contributed by atoms with Gasteiger partial charge in [-0.25, -0.2) is 0 Å². The van der Waals surface area contributed by atoms with Crippen molar-refractivity contribution in [2.45, 2.75) is 13.3 Å². The van der Waals surface area contributed by atoms with Crippen LogP contribution in [-0.4, -0.2) is 22.5 Å². The monoisotopic (exact) mass is 306 g/mol. The second-order valence-corrected chi connectivity index (χ2v) is 4.94. The van der Waals surface area contributed by atoms with E-state index >= 15 is 0 Å². The number of carboxylic acid groups (broad SMARTS) is 1. The predicted molar refractivity (Wildman–Crippen MR) is 73.0 cm³/mol. The van der Waals surface area contributed by atoms with Crippen LogP contribution in [0.15, 0.2) is 12.1 Å². The fourth-order valence-corrected chi connectivity index (χ4v) is 1.81. The Morgan fingerprint density at radius 2 is 2.05 bits per heavy atom. The molecule has 1 aromatic carbocycles. The molecule has 0 fully saturated rings. The van der Waals surface area contributed by atoms with E-state index in [1.54, 1.807) is 6.92 Å². The van der Waals surface area contributed by atoms with Crippen LogP contribution >= 0.6 is 23.2 Å². The Morgan fingerprint density at radius 1 is 1.47 bits per heavy atom. The first-order valence-electron chi connectivity index (χ1n) is 5.40. The Morgan fingerprint density at radius 3 is 2.58 bits per heavy atom. The predicted octanol–water partition coefficient (Wildman–Crippen LogP) is 3.42. The fraction of sp³-hybridized carbons (Fsp3) is 0.364. The molecule has 6 nitrogen and oxygen atoms in total. The van der Waals surface area contributed by atoms with Crippen LogP contribution in [0.4, 0.5) is 11.4 Å². The molecule has 0 heterocycles.